The van der Waals surface area contributed by atoms with Crippen molar-refractivity contribution in [2.24, 2.45) is 17.8 Å². The van der Waals surface area contributed by atoms with Crippen LogP contribution in [0, 0.1) is 17.8 Å². The van der Waals surface area contributed by atoms with Gasteiger partial charge in [0, 0.05) is 25.7 Å². The van der Waals surface area contributed by atoms with Gasteiger partial charge in [0.05, 0.1) is 26.4 Å². The summed E-state index contributed by atoms with van der Waals surface area (Å²) in [6, 6.07) is 0. The van der Waals surface area contributed by atoms with Crippen LogP contribution in [0.2, 0.25) is 0 Å². The van der Waals surface area contributed by atoms with Gasteiger partial charge in [0.15, 0.2) is 12.2 Å². The molecule has 0 fully saturated rings. The van der Waals surface area contributed by atoms with Gasteiger partial charge in [-0.05, 0) is 43.4 Å². The maximum absolute atomic E-state index is 13.1. The molecule has 0 aliphatic carbocycles. The minimum Gasteiger partial charge on any atom is -0.462 e. The van der Waals surface area contributed by atoms with Crippen molar-refractivity contribution < 1.29 is 80.2 Å². The number of phosphoric ester groups is 2. The topological polar surface area (TPSA) is 237 Å². The van der Waals surface area contributed by atoms with E-state index in [2.05, 4.69) is 48.5 Å². The normalized spacial score (nSPS) is 14.0. The van der Waals surface area contributed by atoms with E-state index in [0.717, 1.165) is 108 Å². The molecule has 0 amide bonds. The molecule has 2 unspecified atom stereocenters. The van der Waals surface area contributed by atoms with Gasteiger partial charge in [0.25, 0.3) is 0 Å². The Morgan fingerprint density at radius 2 is 0.465 bits per heavy atom. The maximum Gasteiger partial charge on any atom is 0.472 e. The average molecular weight is 1450 g/mol. The number of aliphatic hydroxyl groups excluding tert-OH is 1. The third-order valence-electron chi connectivity index (χ3n) is 18.6. The SMILES string of the molecule is CCCCCCCCCCCCCCCCCCCCCCC(=O)O[C@H](COC(=O)CCCCCCCCCCCCCCC(C)C)COP(=O)(O)OC[C@@H](O)COP(=O)(O)OC[C@@H](COC(=O)CCCCCCCCCCCC(C)C)OC(=O)CCCCCCCCCCCC(C)C. The minimum absolute atomic E-state index is 0.105. The van der Waals surface area contributed by atoms with E-state index < -0.39 is 97.5 Å². The molecular weight excluding hydrogens is 1290 g/mol. The summed E-state index contributed by atoms with van der Waals surface area (Å²) < 4.78 is 68.7. The molecule has 0 aliphatic heterocycles. The molecule has 0 saturated carbocycles. The van der Waals surface area contributed by atoms with Crippen molar-refractivity contribution in [1.82, 2.24) is 0 Å². The molecule has 17 nitrogen and oxygen atoms in total. The Morgan fingerprint density at radius 3 is 0.687 bits per heavy atom. The highest BCUT2D eigenvalue weighted by Crippen LogP contribution is 2.45. The van der Waals surface area contributed by atoms with Crippen molar-refractivity contribution in [1.29, 1.82) is 0 Å². The van der Waals surface area contributed by atoms with E-state index in [4.69, 9.17) is 37.0 Å². The molecule has 0 radical (unpaired) electrons. The number of aliphatic hydroxyl groups is 1. The Bertz CT molecular complexity index is 1920. The van der Waals surface area contributed by atoms with Crippen LogP contribution in [0.5, 0.6) is 0 Å². The van der Waals surface area contributed by atoms with E-state index >= 15 is 0 Å². The van der Waals surface area contributed by atoms with Gasteiger partial charge in [-0.3, -0.25) is 37.3 Å². The molecule has 0 aromatic carbocycles. The zero-order valence-corrected chi connectivity index (χ0v) is 66.8. The van der Waals surface area contributed by atoms with E-state index in [1.807, 2.05) is 0 Å². The minimum atomic E-state index is -4.96. The molecular formula is C80H156O17P2. The van der Waals surface area contributed by atoms with Gasteiger partial charge in [-0.25, -0.2) is 9.13 Å². The molecule has 19 heteroatoms. The van der Waals surface area contributed by atoms with Crippen LogP contribution in [0.3, 0.4) is 0 Å². The fraction of sp³-hybridized carbons (Fsp3) is 0.950. The zero-order chi connectivity index (χ0) is 73.0. The monoisotopic (exact) mass is 1450 g/mol. The van der Waals surface area contributed by atoms with Gasteiger partial charge in [0.2, 0.25) is 0 Å². The number of rotatable bonds is 78. The molecule has 0 bridgehead atoms. The first-order chi connectivity index (χ1) is 47.7. The van der Waals surface area contributed by atoms with E-state index in [0.29, 0.717) is 25.7 Å². The molecule has 588 valence electrons. The fourth-order valence-corrected chi connectivity index (χ4v) is 13.9. The van der Waals surface area contributed by atoms with Crippen molar-refractivity contribution in [2.45, 2.75) is 433 Å². The lowest BCUT2D eigenvalue weighted by molar-refractivity contribution is -0.161. The summed E-state index contributed by atoms with van der Waals surface area (Å²) in [5.41, 5.74) is 0. The molecule has 99 heavy (non-hydrogen) atoms. The molecule has 0 aliphatic rings. The molecule has 3 N–H and O–H groups in total. The first-order valence-electron chi connectivity index (χ1n) is 41.3. The molecule has 5 atom stereocenters. The van der Waals surface area contributed by atoms with Gasteiger partial charge in [-0.1, -0.05) is 363 Å². The average Bonchev–Trinajstić information content (AvgIpc) is 1.01. The Hall–Kier alpha value is -1.94. The number of phosphoric acid groups is 2. The van der Waals surface area contributed by atoms with Crippen molar-refractivity contribution in [3.8, 4) is 0 Å². The molecule has 0 aromatic rings. The molecule has 0 heterocycles. The van der Waals surface area contributed by atoms with Crippen LogP contribution in [-0.2, 0) is 65.4 Å². The summed E-state index contributed by atoms with van der Waals surface area (Å²) in [5, 5.41) is 10.6. The molecule has 0 saturated heterocycles. The van der Waals surface area contributed by atoms with Crippen LogP contribution in [0.1, 0.15) is 414 Å². The van der Waals surface area contributed by atoms with E-state index in [-0.39, 0.29) is 25.7 Å². The Labute approximate surface area is 607 Å². The van der Waals surface area contributed by atoms with Crippen LogP contribution >= 0.6 is 15.6 Å². The highest BCUT2D eigenvalue weighted by molar-refractivity contribution is 7.47. The summed E-state index contributed by atoms with van der Waals surface area (Å²) in [6.45, 7) is 11.9. The number of carbonyl (C=O) groups is 4. The van der Waals surface area contributed by atoms with E-state index in [1.165, 1.54) is 225 Å². The van der Waals surface area contributed by atoms with Crippen molar-refractivity contribution in [3.05, 3.63) is 0 Å². The number of esters is 4. The maximum atomic E-state index is 13.1. The predicted octanol–water partition coefficient (Wildman–Crippen LogP) is 23.7. The molecule has 0 aromatic heterocycles. The van der Waals surface area contributed by atoms with Crippen LogP contribution in [0.4, 0.5) is 0 Å². The fourth-order valence-electron chi connectivity index (χ4n) is 12.3. The largest absolute Gasteiger partial charge is 0.472 e. The lowest BCUT2D eigenvalue weighted by atomic mass is 10.0. The lowest BCUT2D eigenvalue weighted by Gasteiger charge is -2.21. The summed E-state index contributed by atoms with van der Waals surface area (Å²) in [7, 11) is -9.92. The van der Waals surface area contributed by atoms with Gasteiger partial charge >= 0.3 is 39.5 Å². The Kier molecular flexibility index (Phi) is 69.0. The third-order valence-corrected chi connectivity index (χ3v) is 20.5. The van der Waals surface area contributed by atoms with Crippen LogP contribution < -0.4 is 0 Å². The Balaban J connectivity index is 5.24. The van der Waals surface area contributed by atoms with Crippen LogP contribution in [0.15, 0.2) is 0 Å². The van der Waals surface area contributed by atoms with Gasteiger partial charge in [0.1, 0.15) is 19.3 Å². The number of hydrogen-bond acceptors (Lipinski definition) is 15. The quantitative estimate of drug-likeness (QED) is 0.0222. The second-order valence-electron chi connectivity index (χ2n) is 30.2. The van der Waals surface area contributed by atoms with E-state index in [9.17, 15) is 43.2 Å². The Morgan fingerprint density at radius 1 is 0.273 bits per heavy atom. The molecule has 0 spiro atoms. The van der Waals surface area contributed by atoms with Crippen LogP contribution in [0.25, 0.3) is 0 Å². The highest BCUT2D eigenvalue weighted by Gasteiger charge is 2.30. The first-order valence-corrected chi connectivity index (χ1v) is 44.3. The van der Waals surface area contributed by atoms with Crippen molar-refractivity contribution in [3.63, 3.8) is 0 Å². The highest BCUT2D eigenvalue weighted by atomic mass is 31.2. The second-order valence-corrected chi connectivity index (χ2v) is 33.1. The first kappa shape index (κ1) is 97.1. The lowest BCUT2D eigenvalue weighted by Crippen LogP contribution is -2.30. The number of unbranched alkanes of at least 4 members (excludes halogenated alkanes) is 46. The summed E-state index contributed by atoms with van der Waals surface area (Å²) in [4.78, 5) is 73.0. The zero-order valence-electron chi connectivity index (χ0n) is 65.0. The number of ether oxygens (including phenoxy) is 4. The predicted molar refractivity (Wildman–Crippen MR) is 405 cm³/mol. The van der Waals surface area contributed by atoms with Crippen molar-refractivity contribution >= 4 is 39.5 Å². The summed E-state index contributed by atoms with van der Waals surface area (Å²) >= 11 is 0. The summed E-state index contributed by atoms with van der Waals surface area (Å²) in [5.74, 6) is 0.148. The second kappa shape index (κ2) is 70.4. The number of carbonyl (C=O) groups excluding carboxylic acids is 4. The third kappa shape index (κ3) is 74.1. The standard InChI is InChI=1S/C80H156O17P2/c1-8-9-10-11-12-13-14-15-16-17-18-19-20-21-22-27-34-42-49-56-63-79(84)96-75(67-90-77(82)61-54-47-40-33-26-24-23-25-30-37-44-51-58-71(2)3)69-94-98(86,87)92-65-74(81)66-93-99(88,89)95-70-76(97-80(85)64-57-50-43-36-29-32-39-46-53-60-73(6)7)68-91-78(83)62-55-48-41-35-28-31-38-45-52-59-72(4)5/h71-76,81H,8-70H2,1-7H3,(H,86,87)(H,88,89)/t74-,75-,76-/m1/s1. The van der Waals surface area contributed by atoms with Gasteiger partial charge in [-0.15, -0.1) is 0 Å². The molecule has 0 rings (SSSR count). The summed E-state index contributed by atoms with van der Waals surface area (Å²) in [6.07, 6.45) is 58.3. The van der Waals surface area contributed by atoms with Gasteiger partial charge in [-0.2, -0.15) is 0 Å². The smallest absolute Gasteiger partial charge is 0.462 e. The van der Waals surface area contributed by atoms with Crippen LogP contribution in [-0.4, -0.2) is 96.7 Å². The van der Waals surface area contributed by atoms with E-state index in [1.54, 1.807) is 0 Å². The van der Waals surface area contributed by atoms with Crippen molar-refractivity contribution in [2.75, 3.05) is 39.6 Å². The number of hydrogen-bond donors (Lipinski definition) is 3. The van der Waals surface area contributed by atoms with Gasteiger partial charge < -0.3 is 33.8 Å².